The minimum absolute atomic E-state index is 0.232. The molecular weight excluding hydrogens is 404 g/mol. The number of nitrogens with two attached hydrogens (primary N) is 1. The van der Waals surface area contributed by atoms with Gasteiger partial charge in [-0.2, -0.15) is 0 Å². The molecule has 0 aliphatic rings. The molecule has 8 nitrogen and oxygen atoms in total. The van der Waals surface area contributed by atoms with Crippen molar-refractivity contribution in [2.45, 2.75) is 90.0 Å². The summed E-state index contributed by atoms with van der Waals surface area (Å²) >= 11 is 0. The second-order valence-corrected chi connectivity index (χ2v) is 8.96. The molecule has 0 fully saturated rings. The second-order valence-electron chi connectivity index (χ2n) is 8.96. The summed E-state index contributed by atoms with van der Waals surface area (Å²) in [6.07, 6.45) is 17.3. The lowest BCUT2D eigenvalue weighted by atomic mass is 10.1. The van der Waals surface area contributed by atoms with Crippen molar-refractivity contribution in [3.8, 4) is 0 Å². The van der Waals surface area contributed by atoms with Gasteiger partial charge in [0.1, 0.15) is 0 Å². The van der Waals surface area contributed by atoms with E-state index in [1.54, 1.807) is 25.0 Å². The number of imidazole rings is 1. The Morgan fingerprint density at radius 2 is 1.34 bits per heavy atom. The minimum Gasteiger partial charge on any atom is -0.330 e. The largest absolute Gasteiger partial charge is 0.332 e. The molecule has 0 unspecified atom stereocenters. The van der Waals surface area contributed by atoms with Gasteiger partial charge in [-0.05, 0) is 45.3 Å². The fourth-order valence-corrected chi connectivity index (χ4v) is 4.22. The van der Waals surface area contributed by atoms with Crippen molar-refractivity contribution in [1.82, 2.24) is 24.0 Å². The van der Waals surface area contributed by atoms with Gasteiger partial charge in [0, 0.05) is 20.6 Å². The summed E-state index contributed by atoms with van der Waals surface area (Å²) in [6.45, 7) is 3.57. The monoisotopic (exact) mass is 448 g/mol. The van der Waals surface area contributed by atoms with E-state index in [1.165, 1.54) is 66.9 Å². The van der Waals surface area contributed by atoms with Crippen molar-refractivity contribution in [2.24, 2.45) is 19.8 Å². The predicted molar refractivity (Wildman–Crippen MR) is 132 cm³/mol. The number of fused-ring (bicyclic) bond motifs is 1. The van der Waals surface area contributed by atoms with E-state index in [4.69, 9.17) is 5.73 Å². The Balaban J connectivity index is 1.48. The molecular formula is C24H44N6O2. The van der Waals surface area contributed by atoms with E-state index in [9.17, 15) is 9.59 Å². The van der Waals surface area contributed by atoms with Gasteiger partial charge in [0.2, 0.25) is 0 Å². The molecule has 0 saturated heterocycles. The third-order valence-corrected chi connectivity index (χ3v) is 6.24. The normalized spacial score (nSPS) is 11.6. The van der Waals surface area contributed by atoms with Crippen LogP contribution < -0.4 is 22.3 Å². The Morgan fingerprint density at radius 3 is 1.94 bits per heavy atom. The molecule has 0 bridgehead atoms. The van der Waals surface area contributed by atoms with E-state index in [0.29, 0.717) is 17.7 Å². The number of hydrogen-bond donors (Lipinski definition) is 2. The number of unbranched alkanes of at least 4 members (excludes halogenated alkanes) is 11. The zero-order valence-corrected chi connectivity index (χ0v) is 20.3. The van der Waals surface area contributed by atoms with E-state index >= 15 is 0 Å². The average Bonchev–Trinajstić information content (AvgIpc) is 3.18. The van der Waals surface area contributed by atoms with Crippen LogP contribution in [0.25, 0.3) is 11.2 Å². The fourth-order valence-electron chi connectivity index (χ4n) is 4.22. The van der Waals surface area contributed by atoms with Gasteiger partial charge >= 0.3 is 5.69 Å². The maximum atomic E-state index is 12.7. The number of hydrogen-bond acceptors (Lipinski definition) is 5. The minimum atomic E-state index is -0.276. The highest BCUT2D eigenvalue weighted by Crippen LogP contribution is 2.10. The summed E-state index contributed by atoms with van der Waals surface area (Å²) in [5, 5.41) is 3.54. The first-order valence-electron chi connectivity index (χ1n) is 12.6. The first-order chi connectivity index (χ1) is 15.6. The van der Waals surface area contributed by atoms with Crippen molar-refractivity contribution in [1.29, 1.82) is 0 Å². The standard InChI is InChI=1S/C24H44N6O2/c1-28-20-27-22-21(28)23(31)30(24(32)29(22)2)19-15-11-7-5-3-4-6-9-13-17-26-18-14-10-8-12-16-25/h20,26H,3-19,25H2,1-2H3. The van der Waals surface area contributed by atoms with Crippen LogP contribution in [0.15, 0.2) is 15.9 Å². The molecule has 0 spiro atoms. The summed E-state index contributed by atoms with van der Waals surface area (Å²) in [6, 6.07) is 0. The Bertz CT molecular complexity index is 898. The fraction of sp³-hybridized carbons (Fsp3) is 0.792. The Morgan fingerprint density at radius 1 is 0.812 bits per heavy atom. The van der Waals surface area contributed by atoms with E-state index in [2.05, 4.69) is 10.3 Å². The Labute approximate surface area is 192 Å². The molecule has 0 amide bonds. The SMILES string of the molecule is Cn1cnc2c1c(=O)n(CCCCCCCCCCCNCCCCCCN)c(=O)n2C. The quantitative estimate of drug-likeness (QED) is 0.341. The second kappa shape index (κ2) is 15.0. The molecule has 0 aliphatic carbocycles. The highest BCUT2D eigenvalue weighted by Gasteiger charge is 2.14. The van der Waals surface area contributed by atoms with Crippen LogP contribution in [0, 0.1) is 0 Å². The van der Waals surface area contributed by atoms with Gasteiger partial charge in [-0.25, -0.2) is 9.78 Å². The summed E-state index contributed by atoms with van der Waals surface area (Å²) in [5.41, 5.74) is 5.94. The van der Waals surface area contributed by atoms with Gasteiger partial charge in [0.05, 0.1) is 6.33 Å². The van der Waals surface area contributed by atoms with Crippen LogP contribution in [0.5, 0.6) is 0 Å². The van der Waals surface area contributed by atoms with Crippen LogP contribution in [0.1, 0.15) is 83.5 Å². The van der Waals surface area contributed by atoms with Crippen molar-refractivity contribution < 1.29 is 0 Å². The molecule has 0 saturated carbocycles. The van der Waals surface area contributed by atoms with Gasteiger partial charge in [-0.3, -0.25) is 13.9 Å². The molecule has 2 aromatic heterocycles. The van der Waals surface area contributed by atoms with Gasteiger partial charge in [-0.15, -0.1) is 0 Å². The van der Waals surface area contributed by atoms with Gasteiger partial charge in [0.15, 0.2) is 11.2 Å². The van der Waals surface area contributed by atoms with E-state index < -0.39 is 0 Å². The van der Waals surface area contributed by atoms with Crippen molar-refractivity contribution in [3.63, 3.8) is 0 Å². The summed E-state index contributed by atoms with van der Waals surface area (Å²) < 4.78 is 4.52. The van der Waals surface area contributed by atoms with Crippen molar-refractivity contribution in [2.75, 3.05) is 19.6 Å². The average molecular weight is 449 g/mol. The lowest BCUT2D eigenvalue weighted by Crippen LogP contribution is -2.39. The van der Waals surface area contributed by atoms with Crippen LogP contribution in [-0.2, 0) is 20.6 Å². The van der Waals surface area contributed by atoms with Crippen LogP contribution in [0.3, 0.4) is 0 Å². The van der Waals surface area contributed by atoms with Crippen LogP contribution in [-0.4, -0.2) is 38.3 Å². The first-order valence-corrected chi connectivity index (χ1v) is 12.6. The maximum absolute atomic E-state index is 12.7. The van der Waals surface area contributed by atoms with E-state index in [1.807, 2.05) is 0 Å². The van der Waals surface area contributed by atoms with Gasteiger partial charge < -0.3 is 15.6 Å². The Hall–Kier alpha value is -1.93. The molecule has 182 valence electrons. The predicted octanol–water partition coefficient (Wildman–Crippen LogP) is 3.05. The topological polar surface area (TPSA) is 99.9 Å². The van der Waals surface area contributed by atoms with Gasteiger partial charge in [0.25, 0.3) is 5.56 Å². The van der Waals surface area contributed by atoms with E-state index in [-0.39, 0.29) is 11.2 Å². The molecule has 2 rings (SSSR count). The lowest BCUT2D eigenvalue weighted by molar-refractivity contribution is 0.511. The first kappa shape index (κ1) is 26.3. The molecule has 0 atom stereocenters. The van der Waals surface area contributed by atoms with Crippen molar-refractivity contribution in [3.05, 3.63) is 27.2 Å². The Kier molecular flexibility index (Phi) is 12.3. The summed E-state index contributed by atoms with van der Waals surface area (Å²) in [7, 11) is 3.46. The molecule has 2 aromatic rings. The molecule has 0 aliphatic heterocycles. The molecule has 2 heterocycles. The molecule has 0 aromatic carbocycles. The zero-order chi connectivity index (χ0) is 23.2. The number of nitrogens with zero attached hydrogens (tertiary/aromatic N) is 4. The molecule has 8 heteroatoms. The molecule has 3 N–H and O–H groups in total. The number of rotatable bonds is 18. The third kappa shape index (κ3) is 8.20. The molecule has 32 heavy (non-hydrogen) atoms. The third-order valence-electron chi connectivity index (χ3n) is 6.24. The lowest BCUT2D eigenvalue weighted by Gasteiger charge is -2.08. The summed E-state index contributed by atoms with van der Waals surface area (Å²) in [4.78, 5) is 29.3. The van der Waals surface area contributed by atoms with Crippen LogP contribution in [0.4, 0.5) is 0 Å². The van der Waals surface area contributed by atoms with Gasteiger partial charge in [-0.1, -0.05) is 57.8 Å². The highest BCUT2D eigenvalue weighted by atomic mass is 16.2. The number of aromatic nitrogens is 4. The van der Waals surface area contributed by atoms with Crippen LogP contribution >= 0.6 is 0 Å². The summed E-state index contributed by atoms with van der Waals surface area (Å²) in [5.74, 6) is 0. The number of nitrogens with one attached hydrogen (secondary N) is 1. The highest BCUT2D eigenvalue weighted by molar-refractivity contribution is 5.69. The maximum Gasteiger partial charge on any atom is 0.332 e. The zero-order valence-electron chi connectivity index (χ0n) is 20.3. The molecule has 0 radical (unpaired) electrons. The number of aryl methyl sites for hydroxylation is 2. The van der Waals surface area contributed by atoms with Crippen LogP contribution in [0.2, 0.25) is 0 Å². The smallest absolute Gasteiger partial charge is 0.330 e. The van der Waals surface area contributed by atoms with Crippen molar-refractivity contribution >= 4 is 11.2 Å². The van der Waals surface area contributed by atoms with E-state index in [0.717, 1.165) is 45.3 Å².